The van der Waals surface area contributed by atoms with Crippen molar-refractivity contribution in [2.75, 3.05) is 26.2 Å². The number of amides is 1. The molecular weight excluding hydrogens is 408 g/mol. The lowest BCUT2D eigenvalue weighted by Crippen LogP contribution is -2.48. The number of carbonyl (C=O) groups is 1. The van der Waals surface area contributed by atoms with Gasteiger partial charge in [0.15, 0.2) is 0 Å². The number of benzene rings is 2. The summed E-state index contributed by atoms with van der Waals surface area (Å²) in [4.78, 5) is 17.2. The van der Waals surface area contributed by atoms with E-state index in [1.54, 1.807) is 11.1 Å². The second-order valence-electron chi connectivity index (χ2n) is 9.09. The van der Waals surface area contributed by atoms with Gasteiger partial charge in [0.2, 0.25) is 0 Å². The Morgan fingerprint density at radius 2 is 1.79 bits per heavy atom. The van der Waals surface area contributed by atoms with E-state index in [2.05, 4.69) is 65.7 Å². The van der Waals surface area contributed by atoms with Crippen molar-refractivity contribution in [1.82, 2.24) is 15.1 Å². The first-order valence-electron chi connectivity index (χ1n) is 12.2. The zero-order valence-electron chi connectivity index (χ0n) is 19.6. The van der Waals surface area contributed by atoms with Crippen LogP contribution >= 0.6 is 0 Å². The first kappa shape index (κ1) is 23.1. The Balaban J connectivity index is 1.35. The van der Waals surface area contributed by atoms with Crippen LogP contribution in [0.15, 0.2) is 60.3 Å². The van der Waals surface area contributed by atoms with Crippen LogP contribution in [0.4, 0.5) is 0 Å². The van der Waals surface area contributed by atoms with Gasteiger partial charge in [-0.3, -0.25) is 9.69 Å². The summed E-state index contributed by atoms with van der Waals surface area (Å²) in [7, 11) is 0. The molecule has 1 aliphatic carbocycles. The summed E-state index contributed by atoms with van der Waals surface area (Å²) < 4.78 is 0. The van der Waals surface area contributed by atoms with Gasteiger partial charge in [-0.05, 0) is 54.4 Å². The molecule has 2 aliphatic rings. The zero-order valence-corrected chi connectivity index (χ0v) is 19.6. The van der Waals surface area contributed by atoms with Crippen LogP contribution in [0.1, 0.15) is 54.5 Å². The molecule has 1 saturated heterocycles. The van der Waals surface area contributed by atoms with Gasteiger partial charge in [0.05, 0.1) is 6.04 Å². The highest BCUT2D eigenvalue weighted by Gasteiger charge is 2.24. The Hall–Kier alpha value is -3.10. The second kappa shape index (κ2) is 11.2. The van der Waals surface area contributed by atoms with E-state index in [0.717, 1.165) is 32.5 Å². The number of fused-ring (bicyclic) bond motifs is 1. The van der Waals surface area contributed by atoms with Gasteiger partial charge in [-0.2, -0.15) is 5.26 Å². The van der Waals surface area contributed by atoms with Crippen LogP contribution in [-0.4, -0.2) is 41.9 Å². The summed E-state index contributed by atoms with van der Waals surface area (Å²) in [5.41, 5.74) is 5.62. The molecule has 2 aromatic rings. The van der Waals surface area contributed by atoms with Gasteiger partial charge in [-0.1, -0.05) is 55.5 Å². The summed E-state index contributed by atoms with van der Waals surface area (Å²) in [5.74, 6) is -0.176. The Morgan fingerprint density at radius 3 is 2.48 bits per heavy atom. The van der Waals surface area contributed by atoms with Crippen molar-refractivity contribution in [3.63, 3.8) is 0 Å². The van der Waals surface area contributed by atoms with Crippen molar-refractivity contribution in [2.24, 2.45) is 0 Å². The number of nitrogens with zero attached hydrogens (tertiary/aromatic N) is 3. The molecule has 5 heteroatoms. The highest BCUT2D eigenvalue weighted by atomic mass is 16.2. The van der Waals surface area contributed by atoms with E-state index in [4.69, 9.17) is 0 Å². The first-order chi connectivity index (χ1) is 16.2. The van der Waals surface area contributed by atoms with Crippen LogP contribution in [-0.2, 0) is 24.2 Å². The van der Waals surface area contributed by atoms with E-state index in [1.807, 2.05) is 6.07 Å². The number of rotatable bonds is 7. The number of nitrogens with one attached hydrogen (secondary N) is 1. The monoisotopic (exact) mass is 442 g/mol. The van der Waals surface area contributed by atoms with Crippen LogP contribution in [0.2, 0.25) is 0 Å². The van der Waals surface area contributed by atoms with Crippen LogP contribution in [0, 0.1) is 11.3 Å². The molecule has 1 unspecified atom stereocenters. The summed E-state index contributed by atoms with van der Waals surface area (Å²) in [6.07, 6.45) is 7.37. The van der Waals surface area contributed by atoms with E-state index in [0.29, 0.717) is 13.1 Å². The molecule has 0 bridgehead atoms. The standard InChI is InChI=1S/C28H34N4O/c1-2-27(25-13-12-23-10-6-7-11-24(23)18-25)30-20-26(19-29)28(33)32-16-14-31(15-17-32)21-22-8-4-3-5-9-22/h3-5,8-9,12-13,18,20,27,30H,2,6-7,10-11,14-17,21H2,1H3/b26-20-. The molecule has 33 heavy (non-hydrogen) atoms. The van der Waals surface area contributed by atoms with Crippen molar-refractivity contribution < 1.29 is 4.79 Å². The molecule has 1 heterocycles. The number of carbonyl (C=O) groups excluding carboxylic acids is 1. The largest absolute Gasteiger partial charge is 0.383 e. The molecule has 1 aliphatic heterocycles. The predicted octanol–water partition coefficient (Wildman–Crippen LogP) is 4.36. The Bertz CT molecular complexity index is 1020. The predicted molar refractivity (Wildman–Crippen MR) is 131 cm³/mol. The van der Waals surface area contributed by atoms with Crippen LogP contribution < -0.4 is 5.32 Å². The van der Waals surface area contributed by atoms with E-state index in [1.165, 1.54) is 41.5 Å². The average Bonchev–Trinajstić information content (AvgIpc) is 2.87. The summed E-state index contributed by atoms with van der Waals surface area (Å²) in [6.45, 7) is 5.95. The topological polar surface area (TPSA) is 59.4 Å². The maximum Gasteiger partial charge on any atom is 0.266 e. The molecule has 1 atom stereocenters. The second-order valence-corrected chi connectivity index (χ2v) is 9.09. The maximum atomic E-state index is 13.0. The van der Waals surface area contributed by atoms with E-state index in [-0.39, 0.29) is 17.5 Å². The molecule has 1 amide bonds. The minimum Gasteiger partial charge on any atom is -0.383 e. The van der Waals surface area contributed by atoms with Crippen LogP contribution in [0.3, 0.4) is 0 Å². The molecule has 1 N–H and O–H groups in total. The lowest BCUT2D eigenvalue weighted by Gasteiger charge is -2.34. The fourth-order valence-electron chi connectivity index (χ4n) is 4.87. The zero-order chi connectivity index (χ0) is 23.0. The highest BCUT2D eigenvalue weighted by molar-refractivity contribution is 5.97. The average molecular weight is 443 g/mol. The quantitative estimate of drug-likeness (QED) is 0.511. The maximum absolute atomic E-state index is 13.0. The number of piperazine rings is 1. The summed E-state index contributed by atoms with van der Waals surface area (Å²) in [6, 6.07) is 19.4. The summed E-state index contributed by atoms with van der Waals surface area (Å²) >= 11 is 0. The van der Waals surface area contributed by atoms with Gasteiger partial charge >= 0.3 is 0 Å². The van der Waals surface area contributed by atoms with Gasteiger partial charge in [-0.15, -0.1) is 0 Å². The molecule has 0 aromatic heterocycles. The molecule has 0 radical (unpaired) electrons. The molecule has 1 fully saturated rings. The van der Waals surface area contributed by atoms with Gasteiger partial charge in [-0.25, -0.2) is 0 Å². The molecular formula is C28H34N4O. The van der Waals surface area contributed by atoms with Gasteiger partial charge in [0.25, 0.3) is 5.91 Å². The van der Waals surface area contributed by atoms with Gasteiger partial charge in [0.1, 0.15) is 11.6 Å². The van der Waals surface area contributed by atoms with Crippen molar-refractivity contribution in [3.05, 3.63) is 82.6 Å². The van der Waals surface area contributed by atoms with Gasteiger partial charge < -0.3 is 10.2 Å². The van der Waals surface area contributed by atoms with E-state index < -0.39 is 0 Å². The van der Waals surface area contributed by atoms with E-state index in [9.17, 15) is 10.1 Å². The van der Waals surface area contributed by atoms with Crippen molar-refractivity contribution in [1.29, 1.82) is 5.26 Å². The van der Waals surface area contributed by atoms with E-state index >= 15 is 0 Å². The molecule has 5 nitrogen and oxygen atoms in total. The lowest BCUT2D eigenvalue weighted by atomic mass is 9.89. The Morgan fingerprint density at radius 1 is 1.06 bits per heavy atom. The molecule has 4 rings (SSSR count). The first-order valence-corrected chi connectivity index (χ1v) is 12.2. The number of hydrogen-bond acceptors (Lipinski definition) is 4. The van der Waals surface area contributed by atoms with Crippen LogP contribution in [0.5, 0.6) is 0 Å². The molecule has 0 spiro atoms. The Kier molecular flexibility index (Phi) is 7.80. The van der Waals surface area contributed by atoms with Crippen molar-refractivity contribution in [3.8, 4) is 6.07 Å². The van der Waals surface area contributed by atoms with Crippen molar-refractivity contribution >= 4 is 5.91 Å². The third-order valence-corrected chi connectivity index (χ3v) is 6.87. The fourth-order valence-corrected chi connectivity index (χ4v) is 4.87. The number of hydrogen-bond donors (Lipinski definition) is 1. The number of aryl methyl sites for hydroxylation is 2. The normalized spacial score (nSPS) is 17.7. The Labute approximate surface area is 197 Å². The number of nitriles is 1. The van der Waals surface area contributed by atoms with Crippen LogP contribution in [0.25, 0.3) is 0 Å². The molecule has 172 valence electrons. The summed E-state index contributed by atoms with van der Waals surface area (Å²) in [5, 5.41) is 13.0. The molecule has 2 aromatic carbocycles. The smallest absolute Gasteiger partial charge is 0.266 e. The fraction of sp³-hybridized carbons (Fsp3) is 0.429. The SMILES string of the molecule is CCC(N/C=C(/C#N)C(=O)N1CCN(Cc2ccccc2)CC1)c1ccc2c(c1)CCCC2. The van der Waals surface area contributed by atoms with Crippen molar-refractivity contribution in [2.45, 2.75) is 51.6 Å². The minimum atomic E-state index is -0.176. The van der Waals surface area contributed by atoms with Gasteiger partial charge in [0, 0.05) is 38.9 Å². The lowest BCUT2D eigenvalue weighted by molar-refractivity contribution is -0.128. The third-order valence-electron chi connectivity index (χ3n) is 6.87. The minimum absolute atomic E-state index is 0.0936. The third kappa shape index (κ3) is 5.83. The highest BCUT2D eigenvalue weighted by Crippen LogP contribution is 2.26. The molecule has 0 saturated carbocycles.